The Labute approximate surface area is 121 Å². The van der Waals surface area contributed by atoms with Crippen LogP contribution in [0.15, 0.2) is 60.4 Å². The van der Waals surface area contributed by atoms with Crippen molar-refractivity contribution in [2.24, 2.45) is 5.73 Å². The van der Waals surface area contributed by atoms with Crippen LogP contribution in [0, 0.1) is 13.8 Å². The fourth-order valence-electron chi connectivity index (χ4n) is 2.17. The van der Waals surface area contributed by atoms with Crippen molar-refractivity contribution < 1.29 is 0 Å². The Morgan fingerprint density at radius 1 is 1.05 bits per heavy atom. The molecule has 2 aromatic rings. The summed E-state index contributed by atoms with van der Waals surface area (Å²) in [6.07, 6.45) is 2.70. The molecular weight excluding hydrogens is 244 g/mol. The van der Waals surface area contributed by atoms with Gasteiger partial charge in [0.2, 0.25) is 0 Å². The first-order chi connectivity index (χ1) is 9.66. The van der Waals surface area contributed by atoms with Crippen LogP contribution in [-0.4, -0.2) is 0 Å². The summed E-state index contributed by atoms with van der Waals surface area (Å²) >= 11 is 0. The van der Waals surface area contributed by atoms with E-state index in [1.54, 1.807) is 0 Å². The predicted molar refractivity (Wildman–Crippen MR) is 85.2 cm³/mol. The lowest BCUT2D eigenvalue weighted by Gasteiger charge is -2.09. The maximum atomic E-state index is 6.09. The average molecular weight is 266 g/mol. The molecule has 0 amide bonds. The summed E-state index contributed by atoms with van der Waals surface area (Å²) in [4.78, 5) is 0. The third-order valence-electron chi connectivity index (χ3n) is 3.55. The van der Waals surface area contributed by atoms with E-state index in [2.05, 4.69) is 49.5 Å². The Morgan fingerprint density at radius 2 is 1.80 bits per heavy atom. The van der Waals surface area contributed by atoms with E-state index in [9.17, 15) is 0 Å². The van der Waals surface area contributed by atoms with E-state index in [0.29, 0.717) is 0 Å². The number of benzene rings is 2. The molecule has 2 heteroatoms. The molecule has 2 rings (SSSR count). The Kier molecular flexibility index (Phi) is 4.83. The SMILES string of the molecule is Cc1cccc(CC(N)=CNCc2ccccc2)c1C. The normalized spacial score (nSPS) is 11.4. The number of hydrogen-bond acceptors (Lipinski definition) is 2. The highest BCUT2D eigenvalue weighted by Crippen LogP contribution is 2.14. The molecule has 0 aliphatic rings. The van der Waals surface area contributed by atoms with Gasteiger partial charge in [-0.15, -0.1) is 0 Å². The molecule has 104 valence electrons. The van der Waals surface area contributed by atoms with E-state index >= 15 is 0 Å². The standard InChI is InChI=1S/C18H22N2/c1-14-7-6-10-17(15(14)2)11-18(19)13-20-12-16-8-4-3-5-9-16/h3-10,13,20H,11-12,19H2,1-2H3. The lowest BCUT2D eigenvalue weighted by molar-refractivity contribution is 0.849. The second-order valence-electron chi connectivity index (χ2n) is 5.12. The van der Waals surface area contributed by atoms with Crippen molar-refractivity contribution in [3.05, 3.63) is 82.7 Å². The van der Waals surface area contributed by atoms with Gasteiger partial charge >= 0.3 is 0 Å². The van der Waals surface area contributed by atoms with Gasteiger partial charge in [-0.1, -0.05) is 48.5 Å². The Hall–Kier alpha value is -2.22. The van der Waals surface area contributed by atoms with Gasteiger partial charge in [0.25, 0.3) is 0 Å². The van der Waals surface area contributed by atoms with Gasteiger partial charge < -0.3 is 11.1 Å². The predicted octanol–water partition coefficient (Wildman–Crippen LogP) is 3.44. The Balaban J connectivity index is 1.93. The van der Waals surface area contributed by atoms with Crippen LogP contribution in [0.2, 0.25) is 0 Å². The van der Waals surface area contributed by atoms with E-state index in [4.69, 9.17) is 5.73 Å². The zero-order valence-electron chi connectivity index (χ0n) is 12.2. The Bertz CT molecular complexity index is 586. The summed E-state index contributed by atoms with van der Waals surface area (Å²) < 4.78 is 0. The van der Waals surface area contributed by atoms with Gasteiger partial charge in [-0.25, -0.2) is 0 Å². The Morgan fingerprint density at radius 3 is 2.55 bits per heavy atom. The van der Waals surface area contributed by atoms with E-state index in [1.165, 1.54) is 22.3 Å². The third-order valence-corrected chi connectivity index (χ3v) is 3.55. The highest BCUT2D eigenvalue weighted by atomic mass is 14.8. The second kappa shape index (κ2) is 6.80. The molecule has 2 aromatic carbocycles. The molecule has 0 spiro atoms. The molecule has 2 nitrogen and oxygen atoms in total. The number of allylic oxidation sites excluding steroid dienone is 1. The zero-order valence-corrected chi connectivity index (χ0v) is 12.2. The maximum absolute atomic E-state index is 6.09. The molecule has 0 aliphatic heterocycles. The van der Waals surface area contributed by atoms with Gasteiger partial charge in [0.05, 0.1) is 0 Å². The third kappa shape index (κ3) is 3.89. The molecule has 0 heterocycles. The quantitative estimate of drug-likeness (QED) is 0.870. The van der Waals surface area contributed by atoms with E-state index in [0.717, 1.165) is 18.7 Å². The van der Waals surface area contributed by atoms with Crippen LogP contribution in [0.25, 0.3) is 0 Å². The van der Waals surface area contributed by atoms with E-state index < -0.39 is 0 Å². The van der Waals surface area contributed by atoms with Crippen molar-refractivity contribution in [1.82, 2.24) is 5.32 Å². The molecule has 0 bridgehead atoms. The summed E-state index contributed by atoms with van der Waals surface area (Å²) in [5.41, 5.74) is 12.1. The highest BCUT2D eigenvalue weighted by Gasteiger charge is 2.01. The smallest absolute Gasteiger partial charge is 0.0395 e. The van der Waals surface area contributed by atoms with Gasteiger partial charge in [-0.05, 0) is 36.1 Å². The van der Waals surface area contributed by atoms with Crippen LogP contribution in [0.5, 0.6) is 0 Å². The molecule has 0 saturated carbocycles. The average Bonchev–Trinajstić information content (AvgIpc) is 2.45. The molecule has 3 N–H and O–H groups in total. The number of rotatable bonds is 5. The summed E-state index contributed by atoms with van der Waals surface area (Å²) in [6, 6.07) is 16.7. The van der Waals surface area contributed by atoms with Crippen LogP contribution in [0.3, 0.4) is 0 Å². The minimum Gasteiger partial charge on any atom is -0.401 e. The fourth-order valence-corrected chi connectivity index (χ4v) is 2.17. The number of nitrogens with two attached hydrogens (primary N) is 1. The first-order valence-electron chi connectivity index (χ1n) is 6.93. The molecule has 0 aliphatic carbocycles. The lowest BCUT2D eigenvalue weighted by atomic mass is 10.00. The minimum atomic E-state index is 0.787. The van der Waals surface area contributed by atoms with Gasteiger partial charge in [0.1, 0.15) is 0 Å². The largest absolute Gasteiger partial charge is 0.401 e. The topological polar surface area (TPSA) is 38.0 Å². The molecule has 0 saturated heterocycles. The van der Waals surface area contributed by atoms with Crippen LogP contribution >= 0.6 is 0 Å². The summed E-state index contributed by atoms with van der Waals surface area (Å²) in [5, 5.41) is 3.27. The molecule has 0 fully saturated rings. The fraction of sp³-hybridized carbons (Fsp3) is 0.222. The van der Waals surface area contributed by atoms with Gasteiger partial charge in [-0.2, -0.15) is 0 Å². The van der Waals surface area contributed by atoms with Crippen molar-refractivity contribution in [2.45, 2.75) is 26.8 Å². The van der Waals surface area contributed by atoms with Crippen molar-refractivity contribution >= 4 is 0 Å². The number of nitrogens with one attached hydrogen (secondary N) is 1. The summed E-state index contributed by atoms with van der Waals surface area (Å²) in [5.74, 6) is 0. The van der Waals surface area contributed by atoms with Gasteiger partial charge in [0, 0.05) is 24.9 Å². The monoisotopic (exact) mass is 266 g/mol. The summed E-state index contributed by atoms with van der Waals surface area (Å²) in [7, 11) is 0. The lowest BCUT2D eigenvalue weighted by Crippen LogP contribution is -2.11. The van der Waals surface area contributed by atoms with Crippen LogP contribution in [0.4, 0.5) is 0 Å². The second-order valence-corrected chi connectivity index (χ2v) is 5.12. The van der Waals surface area contributed by atoms with E-state index in [-0.39, 0.29) is 0 Å². The van der Waals surface area contributed by atoms with Crippen molar-refractivity contribution in [3.8, 4) is 0 Å². The first-order valence-corrected chi connectivity index (χ1v) is 6.93. The molecule has 0 unspecified atom stereocenters. The van der Waals surface area contributed by atoms with Crippen LogP contribution in [-0.2, 0) is 13.0 Å². The molecular formula is C18H22N2. The molecule has 0 atom stereocenters. The molecule has 20 heavy (non-hydrogen) atoms. The highest BCUT2D eigenvalue weighted by molar-refractivity contribution is 5.35. The van der Waals surface area contributed by atoms with Gasteiger partial charge in [-0.3, -0.25) is 0 Å². The van der Waals surface area contributed by atoms with Gasteiger partial charge in [0.15, 0.2) is 0 Å². The zero-order chi connectivity index (χ0) is 14.4. The van der Waals surface area contributed by atoms with E-state index in [1.807, 2.05) is 24.4 Å². The van der Waals surface area contributed by atoms with Crippen LogP contribution < -0.4 is 11.1 Å². The van der Waals surface area contributed by atoms with Crippen molar-refractivity contribution in [3.63, 3.8) is 0 Å². The summed E-state index contributed by atoms with van der Waals surface area (Å²) in [6.45, 7) is 5.08. The number of aryl methyl sites for hydroxylation is 1. The first kappa shape index (κ1) is 14.2. The number of hydrogen-bond donors (Lipinski definition) is 2. The van der Waals surface area contributed by atoms with Crippen molar-refractivity contribution in [1.29, 1.82) is 0 Å². The van der Waals surface area contributed by atoms with Crippen LogP contribution in [0.1, 0.15) is 22.3 Å². The van der Waals surface area contributed by atoms with Crippen molar-refractivity contribution in [2.75, 3.05) is 0 Å². The minimum absolute atomic E-state index is 0.787. The maximum Gasteiger partial charge on any atom is 0.0395 e. The molecule has 0 radical (unpaired) electrons. The molecule has 0 aromatic heterocycles.